The molecule has 45 heavy (non-hydrogen) atoms. The van der Waals surface area contributed by atoms with E-state index in [4.69, 9.17) is 24.2 Å². The normalized spacial score (nSPS) is 12.5. The molecule has 0 saturated heterocycles. The van der Waals surface area contributed by atoms with Crippen LogP contribution < -0.4 is 25.5 Å². The molecule has 240 valence electrons. The van der Waals surface area contributed by atoms with E-state index in [1.807, 2.05) is 83.2 Å². The van der Waals surface area contributed by atoms with Crippen LogP contribution in [-0.4, -0.2) is 49.5 Å². The molecule has 10 heteroatoms. The smallest absolute Gasteiger partial charge is 0.224 e. The maximum Gasteiger partial charge on any atom is 0.224 e. The summed E-state index contributed by atoms with van der Waals surface area (Å²) in [4.78, 5) is 22.2. The monoisotopic (exact) mass is 614 g/mol. The molecule has 3 N–H and O–H groups in total. The molecule has 0 fully saturated rings. The van der Waals surface area contributed by atoms with Gasteiger partial charge in [-0.2, -0.15) is 5.10 Å². The topological polar surface area (TPSA) is 119 Å². The third-order valence-corrected chi connectivity index (χ3v) is 6.69. The molecule has 2 aromatic carbocycles. The number of aromatic nitrogens is 2. The van der Waals surface area contributed by atoms with Gasteiger partial charge in [0.1, 0.15) is 12.4 Å². The van der Waals surface area contributed by atoms with E-state index in [1.165, 1.54) is 0 Å². The minimum Gasteiger partial charge on any atom is -0.493 e. The van der Waals surface area contributed by atoms with Gasteiger partial charge in [0.05, 0.1) is 24.9 Å². The molecule has 1 heterocycles. The summed E-state index contributed by atoms with van der Waals surface area (Å²) >= 11 is 0. The lowest BCUT2D eigenvalue weighted by atomic mass is 10.1. The zero-order chi connectivity index (χ0) is 32.6. The highest BCUT2D eigenvalue weighted by Crippen LogP contribution is 2.35. The summed E-state index contributed by atoms with van der Waals surface area (Å²) in [6.45, 7) is 11.2. The highest BCUT2D eigenvalue weighted by Gasteiger charge is 2.17. The van der Waals surface area contributed by atoms with Crippen LogP contribution >= 0.6 is 0 Å². The average molecular weight is 615 g/mol. The van der Waals surface area contributed by atoms with E-state index >= 15 is 0 Å². The van der Waals surface area contributed by atoms with Crippen LogP contribution in [0.2, 0.25) is 0 Å². The molecule has 0 radical (unpaired) electrons. The van der Waals surface area contributed by atoms with E-state index in [9.17, 15) is 4.79 Å². The van der Waals surface area contributed by atoms with Crippen LogP contribution in [0, 0.1) is 6.92 Å². The van der Waals surface area contributed by atoms with Gasteiger partial charge in [-0.3, -0.25) is 10.2 Å². The first-order chi connectivity index (χ1) is 21.9. The third kappa shape index (κ3) is 9.90. The number of hydrogen-bond donors (Lipinski definition) is 3. The number of carbonyl (C=O) groups excluding carboxylic acids is 1. The van der Waals surface area contributed by atoms with Crippen LogP contribution in [0.5, 0.6) is 11.5 Å². The molecule has 3 aromatic rings. The van der Waals surface area contributed by atoms with Crippen molar-refractivity contribution in [1.29, 1.82) is 0 Å². The number of carbonyl (C=O) groups is 1. The summed E-state index contributed by atoms with van der Waals surface area (Å²) < 4.78 is 16.8. The summed E-state index contributed by atoms with van der Waals surface area (Å²) in [5, 5.41) is 11.4. The van der Waals surface area contributed by atoms with E-state index in [0.29, 0.717) is 67.0 Å². The molecule has 4 rings (SSSR count). The summed E-state index contributed by atoms with van der Waals surface area (Å²) in [6, 6.07) is 9.92. The standard InChI is InChI=1S/C33H40N6O4.C2H6/c1-6-10-31(40)36-25-12-9-8-11-24(18-25)32-37-28-20-30(43-16-15-41-4)29(42-5)19-26(28)33(38-32)34-21-23-13-14-27(22(3)17-23)39-35-7-2;1-2/h7,9,11-14,17-20,39H,6,8,10,15-16,21H2,1-5H3,(H,36,40)(H,34,37,38);1-2H3/b35-7-;. The zero-order valence-electron chi connectivity index (χ0n) is 27.5. The number of hydrazone groups is 1. The summed E-state index contributed by atoms with van der Waals surface area (Å²) in [7, 11) is 3.24. The quantitative estimate of drug-likeness (QED) is 0.0993. The highest BCUT2D eigenvalue weighted by atomic mass is 16.5. The van der Waals surface area contributed by atoms with Gasteiger partial charge in [0.2, 0.25) is 5.91 Å². The number of hydrogen-bond acceptors (Lipinski definition) is 9. The molecular formula is C35H46N6O4. The SMILES string of the molecule is C/C=N\Nc1ccc(CNc2nc(C3=CCC=CC(NC(=O)CCC)=C3)nc3cc(OCCOC)c(OC)cc23)cc1C.CC. The Balaban J connectivity index is 0.00000271. The molecule has 0 unspecified atom stereocenters. The second-order valence-electron chi connectivity index (χ2n) is 9.95. The molecule has 10 nitrogen and oxygen atoms in total. The Morgan fingerprint density at radius 1 is 1.09 bits per heavy atom. The van der Waals surface area contributed by atoms with E-state index in [2.05, 4.69) is 27.2 Å². The Morgan fingerprint density at radius 3 is 2.62 bits per heavy atom. The summed E-state index contributed by atoms with van der Waals surface area (Å²) in [5.41, 5.74) is 8.36. The molecule has 0 aliphatic heterocycles. The number of aryl methyl sites for hydroxylation is 1. The van der Waals surface area contributed by atoms with Crippen molar-refractivity contribution in [3.63, 3.8) is 0 Å². The third-order valence-electron chi connectivity index (χ3n) is 6.69. The van der Waals surface area contributed by atoms with Crippen molar-refractivity contribution in [2.45, 2.75) is 60.4 Å². The first kappa shape index (κ1) is 34.8. The highest BCUT2D eigenvalue weighted by molar-refractivity contribution is 5.93. The van der Waals surface area contributed by atoms with Crippen molar-refractivity contribution < 1.29 is 19.0 Å². The number of benzene rings is 2. The second-order valence-corrected chi connectivity index (χ2v) is 9.95. The fraction of sp³-hybridized carbons (Fsp3) is 0.371. The molecule has 1 aliphatic carbocycles. The van der Waals surface area contributed by atoms with Gasteiger partial charge in [0, 0.05) is 49.0 Å². The van der Waals surface area contributed by atoms with Gasteiger partial charge in [0.15, 0.2) is 17.3 Å². The largest absolute Gasteiger partial charge is 0.493 e. The van der Waals surface area contributed by atoms with Crippen molar-refractivity contribution in [1.82, 2.24) is 15.3 Å². The van der Waals surface area contributed by atoms with Crippen LogP contribution in [-0.2, 0) is 16.1 Å². The number of anilines is 2. The lowest BCUT2D eigenvalue weighted by Crippen LogP contribution is -2.21. The molecule has 0 atom stereocenters. The minimum absolute atomic E-state index is 0.0237. The summed E-state index contributed by atoms with van der Waals surface area (Å²) in [6.07, 6.45) is 11.5. The average Bonchev–Trinajstić information content (AvgIpc) is 3.29. The molecule has 0 bridgehead atoms. The first-order valence-electron chi connectivity index (χ1n) is 15.4. The molecular weight excluding hydrogens is 568 g/mol. The number of nitrogens with zero attached hydrogens (tertiary/aromatic N) is 3. The second kappa shape index (κ2) is 18.2. The van der Waals surface area contributed by atoms with Gasteiger partial charge in [0.25, 0.3) is 0 Å². The Kier molecular flexibility index (Phi) is 14.1. The molecule has 0 saturated carbocycles. The predicted molar refractivity (Wildman–Crippen MR) is 184 cm³/mol. The van der Waals surface area contributed by atoms with E-state index in [1.54, 1.807) is 20.4 Å². The first-order valence-corrected chi connectivity index (χ1v) is 15.4. The van der Waals surface area contributed by atoms with Gasteiger partial charge in [-0.15, -0.1) is 0 Å². The molecule has 0 spiro atoms. The number of amides is 1. The van der Waals surface area contributed by atoms with Crippen LogP contribution in [0.1, 0.15) is 63.9 Å². The van der Waals surface area contributed by atoms with Gasteiger partial charge in [-0.25, -0.2) is 9.97 Å². The summed E-state index contributed by atoms with van der Waals surface area (Å²) in [5.74, 6) is 2.30. The molecule has 1 aliphatic rings. The van der Waals surface area contributed by atoms with Gasteiger partial charge >= 0.3 is 0 Å². The molecule has 1 aromatic heterocycles. The van der Waals surface area contributed by atoms with Crippen molar-refractivity contribution in [2.75, 3.05) is 38.2 Å². The maximum absolute atomic E-state index is 12.3. The van der Waals surface area contributed by atoms with E-state index in [-0.39, 0.29) is 5.91 Å². The Hall–Kier alpha value is -4.70. The predicted octanol–water partition coefficient (Wildman–Crippen LogP) is 7.17. The molecule has 1 amide bonds. The lowest BCUT2D eigenvalue weighted by Gasteiger charge is -2.16. The van der Waals surface area contributed by atoms with Gasteiger partial charge < -0.3 is 24.8 Å². The fourth-order valence-corrected chi connectivity index (χ4v) is 4.54. The maximum atomic E-state index is 12.3. The number of nitrogens with one attached hydrogen (secondary N) is 3. The van der Waals surface area contributed by atoms with Gasteiger partial charge in [-0.05, 0) is 62.1 Å². The Morgan fingerprint density at radius 2 is 1.91 bits per heavy atom. The number of rotatable bonds is 14. The van der Waals surface area contributed by atoms with Gasteiger partial charge in [-0.1, -0.05) is 45.1 Å². The fourth-order valence-electron chi connectivity index (χ4n) is 4.54. The van der Waals surface area contributed by atoms with Crippen molar-refractivity contribution >= 4 is 40.1 Å². The van der Waals surface area contributed by atoms with Crippen molar-refractivity contribution in [3.8, 4) is 11.5 Å². The van der Waals surface area contributed by atoms with Crippen LogP contribution in [0.3, 0.4) is 0 Å². The van der Waals surface area contributed by atoms with Crippen molar-refractivity contribution in [3.05, 3.63) is 77.3 Å². The Bertz CT molecular complexity index is 1560. The van der Waals surface area contributed by atoms with Crippen molar-refractivity contribution in [2.24, 2.45) is 5.10 Å². The lowest BCUT2D eigenvalue weighted by molar-refractivity contribution is -0.120. The number of methoxy groups -OCH3 is 2. The van der Waals surface area contributed by atoms with E-state index in [0.717, 1.165) is 34.2 Å². The number of ether oxygens (including phenoxy) is 3. The zero-order valence-corrected chi connectivity index (χ0v) is 27.5. The minimum atomic E-state index is -0.0237. The van der Waals surface area contributed by atoms with E-state index < -0.39 is 0 Å². The van der Waals surface area contributed by atoms with Crippen LogP contribution in [0.4, 0.5) is 11.5 Å². The van der Waals surface area contributed by atoms with Crippen LogP contribution in [0.25, 0.3) is 16.5 Å². The Labute approximate surface area is 266 Å². The number of fused-ring (bicyclic) bond motifs is 1. The number of allylic oxidation sites excluding steroid dienone is 5. The van der Waals surface area contributed by atoms with Crippen LogP contribution in [0.15, 0.2) is 65.4 Å².